The van der Waals surface area contributed by atoms with Crippen molar-refractivity contribution in [1.82, 2.24) is 9.97 Å². The lowest BCUT2D eigenvalue weighted by Crippen LogP contribution is -2.24. The largest absolute Gasteiger partial charge is 0.308 e. The second-order valence-corrected chi connectivity index (χ2v) is 5.50. The van der Waals surface area contributed by atoms with Crippen molar-refractivity contribution in [2.45, 2.75) is 17.0 Å². The van der Waals surface area contributed by atoms with Crippen LogP contribution >= 0.6 is 11.8 Å². The SMILES string of the molecule is Cc1ccnc(Sc2ccc3c(c2)N(C)C(=O)C3=O)n1. The zero-order chi connectivity index (χ0) is 14.3. The number of fused-ring (bicyclic) bond motifs is 1. The van der Waals surface area contributed by atoms with Gasteiger partial charge < -0.3 is 4.90 Å². The summed E-state index contributed by atoms with van der Waals surface area (Å²) in [5.74, 6) is -0.945. The molecule has 0 spiro atoms. The molecule has 0 fully saturated rings. The fourth-order valence-electron chi connectivity index (χ4n) is 2.00. The molecule has 0 atom stereocenters. The number of hydrogen-bond donors (Lipinski definition) is 0. The van der Waals surface area contributed by atoms with Gasteiger partial charge >= 0.3 is 0 Å². The summed E-state index contributed by atoms with van der Waals surface area (Å²) in [5.41, 5.74) is 1.98. The fraction of sp³-hybridized carbons (Fsp3) is 0.143. The number of amides is 1. The van der Waals surface area contributed by atoms with Crippen LogP contribution in [0.15, 0.2) is 40.5 Å². The lowest BCUT2D eigenvalue weighted by molar-refractivity contribution is -0.114. The maximum absolute atomic E-state index is 11.7. The van der Waals surface area contributed by atoms with E-state index in [1.54, 1.807) is 25.4 Å². The molecule has 0 saturated carbocycles. The molecule has 2 heterocycles. The molecule has 0 aliphatic carbocycles. The molecule has 0 radical (unpaired) electrons. The molecule has 100 valence electrons. The van der Waals surface area contributed by atoms with Crippen LogP contribution in [0, 0.1) is 6.92 Å². The van der Waals surface area contributed by atoms with Crippen LogP contribution in [0.1, 0.15) is 16.1 Å². The number of nitrogens with zero attached hydrogens (tertiary/aromatic N) is 3. The molecule has 1 aliphatic rings. The summed E-state index contributed by atoms with van der Waals surface area (Å²) in [6.07, 6.45) is 1.71. The van der Waals surface area contributed by atoms with Crippen LogP contribution in [0.3, 0.4) is 0 Å². The Morgan fingerprint density at radius 2 is 2.00 bits per heavy atom. The van der Waals surface area contributed by atoms with Crippen molar-refractivity contribution >= 4 is 29.1 Å². The average molecular weight is 285 g/mol. The molecule has 20 heavy (non-hydrogen) atoms. The van der Waals surface area contributed by atoms with E-state index in [0.29, 0.717) is 16.4 Å². The monoisotopic (exact) mass is 285 g/mol. The maximum Gasteiger partial charge on any atom is 0.299 e. The van der Waals surface area contributed by atoms with Gasteiger partial charge in [-0.05, 0) is 43.0 Å². The van der Waals surface area contributed by atoms with Gasteiger partial charge in [0.25, 0.3) is 11.7 Å². The molecule has 6 heteroatoms. The first kappa shape index (κ1) is 12.8. The van der Waals surface area contributed by atoms with Crippen LogP contribution in [0.25, 0.3) is 0 Å². The summed E-state index contributed by atoms with van der Waals surface area (Å²) in [4.78, 5) is 34.1. The van der Waals surface area contributed by atoms with Gasteiger partial charge in [-0.15, -0.1) is 0 Å². The average Bonchev–Trinajstić information content (AvgIpc) is 2.64. The van der Waals surface area contributed by atoms with Crippen molar-refractivity contribution < 1.29 is 9.59 Å². The molecule has 5 nitrogen and oxygen atoms in total. The Labute approximate surface area is 120 Å². The third kappa shape index (κ3) is 2.08. The third-order valence-electron chi connectivity index (χ3n) is 3.06. The molecule has 0 saturated heterocycles. The molecule has 2 aromatic rings. The quantitative estimate of drug-likeness (QED) is 0.624. The Morgan fingerprint density at radius 3 is 2.75 bits per heavy atom. The summed E-state index contributed by atoms with van der Waals surface area (Å²) in [6, 6.07) is 7.13. The molecule has 0 bridgehead atoms. The second kappa shape index (κ2) is 4.72. The summed E-state index contributed by atoms with van der Waals surface area (Å²) in [5, 5.41) is 0.642. The Hall–Kier alpha value is -2.21. The van der Waals surface area contributed by atoms with Crippen molar-refractivity contribution in [2.24, 2.45) is 0 Å². The standard InChI is InChI=1S/C14H11N3O2S/c1-8-5-6-15-14(16-8)20-9-3-4-10-11(7-9)17(2)13(19)12(10)18/h3-7H,1-2H3. The number of aromatic nitrogens is 2. The number of anilines is 1. The summed E-state index contributed by atoms with van der Waals surface area (Å²) >= 11 is 1.40. The Morgan fingerprint density at radius 1 is 1.20 bits per heavy atom. The van der Waals surface area contributed by atoms with Gasteiger partial charge in [0, 0.05) is 23.8 Å². The van der Waals surface area contributed by atoms with Gasteiger partial charge in [-0.25, -0.2) is 9.97 Å². The predicted molar refractivity (Wildman–Crippen MR) is 75.1 cm³/mol. The van der Waals surface area contributed by atoms with Gasteiger partial charge in [-0.1, -0.05) is 0 Å². The Kier molecular flexibility index (Phi) is 3.02. The Balaban J connectivity index is 1.94. The van der Waals surface area contributed by atoms with Crippen molar-refractivity contribution in [3.8, 4) is 0 Å². The highest BCUT2D eigenvalue weighted by molar-refractivity contribution is 7.99. The fourth-order valence-corrected chi connectivity index (χ4v) is 2.82. The van der Waals surface area contributed by atoms with Crippen LogP contribution in [-0.4, -0.2) is 28.7 Å². The van der Waals surface area contributed by atoms with Gasteiger partial charge in [0.1, 0.15) is 0 Å². The topological polar surface area (TPSA) is 63.2 Å². The molecule has 1 aliphatic heterocycles. The van der Waals surface area contributed by atoms with E-state index in [1.807, 2.05) is 19.1 Å². The summed E-state index contributed by atoms with van der Waals surface area (Å²) in [6.45, 7) is 1.90. The molecule has 0 N–H and O–H groups in total. The van der Waals surface area contributed by atoms with E-state index >= 15 is 0 Å². The number of aryl methyl sites for hydroxylation is 1. The van der Waals surface area contributed by atoms with E-state index in [2.05, 4.69) is 9.97 Å². The van der Waals surface area contributed by atoms with Gasteiger partial charge in [-0.3, -0.25) is 9.59 Å². The lowest BCUT2D eigenvalue weighted by atomic mass is 10.1. The summed E-state index contributed by atoms with van der Waals surface area (Å²) < 4.78 is 0. The van der Waals surface area contributed by atoms with E-state index in [4.69, 9.17) is 0 Å². The van der Waals surface area contributed by atoms with Gasteiger partial charge in [0.05, 0.1) is 11.3 Å². The third-order valence-corrected chi connectivity index (χ3v) is 3.92. The zero-order valence-electron chi connectivity index (χ0n) is 11.0. The highest BCUT2D eigenvalue weighted by Crippen LogP contribution is 2.33. The summed E-state index contributed by atoms with van der Waals surface area (Å²) in [7, 11) is 1.60. The molecule has 3 rings (SSSR count). The maximum atomic E-state index is 11.7. The highest BCUT2D eigenvalue weighted by Gasteiger charge is 2.33. The minimum Gasteiger partial charge on any atom is -0.308 e. The van der Waals surface area contributed by atoms with Gasteiger partial charge in [0.2, 0.25) is 0 Å². The highest BCUT2D eigenvalue weighted by atomic mass is 32.2. The normalized spacial score (nSPS) is 13.8. The first-order valence-corrected chi connectivity index (χ1v) is 6.82. The lowest BCUT2D eigenvalue weighted by Gasteiger charge is -2.09. The van der Waals surface area contributed by atoms with Gasteiger partial charge in [0.15, 0.2) is 5.16 Å². The first-order valence-electron chi connectivity index (χ1n) is 6.00. The molecular formula is C14H11N3O2S. The number of rotatable bonds is 2. The van der Waals surface area contributed by atoms with Crippen LogP contribution < -0.4 is 4.90 Å². The molecule has 0 unspecified atom stereocenters. The number of carbonyl (C=O) groups is 2. The van der Waals surface area contributed by atoms with Crippen LogP contribution in [0.2, 0.25) is 0 Å². The number of benzene rings is 1. The van der Waals surface area contributed by atoms with E-state index in [-0.39, 0.29) is 0 Å². The van der Waals surface area contributed by atoms with E-state index in [1.165, 1.54) is 16.7 Å². The molecular weight excluding hydrogens is 274 g/mol. The van der Waals surface area contributed by atoms with Crippen molar-refractivity contribution in [1.29, 1.82) is 0 Å². The minimum atomic E-state index is -0.492. The number of carbonyl (C=O) groups excluding carboxylic acids is 2. The number of ketones is 1. The van der Waals surface area contributed by atoms with E-state index in [9.17, 15) is 9.59 Å². The molecule has 1 aromatic carbocycles. The Bertz CT molecular complexity index is 730. The molecule has 1 aromatic heterocycles. The van der Waals surface area contributed by atoms with Crippen LogP contribution in [-0.2, 0) is 4.79 Å². The number of likely N-dealkylation sites (N-methyl/N-ethyl adjacent to an activating group) is 1. The van der Waals surface area contributed by atoms with Crippen LogP contribution in [0.5, 0.6) is 0 Å². The minimum absolute atomic E-state index is 0.451. The van der Waals surface area contributed by atoms with E-state index < -0.39 is 11.7 Å². The van der Waals surface area contributed by atoms with Crippen molar-refractivity contribution in [3.63, 3.8) is 0 Å². The first-order chi connectivity index (χ1) is 9.56. The zero-order valence-corrected chi connectivity index (χ0v) is 11.8. The number of Topliss-reactive ketones (excluding diaryl/α,β-unsaturated/α-hetero) is 1. The van der Waals surface area contributed by atoms with Crippen LogP contribution in [0.4, 0.5) is 5.69 Å². The second-order valence-electron chi connectivity index (χ2n) is 4.45. The number of hydrogen-bond acceptors (Lipinski definition) is 5. The predicted octanol–water partition coefficient (Wildman–Crippen LogP) is 2.10. The van der Waals surface area contributed by atoms with Crippen molar-refractivity contribution in [2.75, 3.05) is 11.9 Å². The van der Waals surface area contributed by atoms with E-state index in [0.717, 1.165) is 10.6 Å². The van der Waals surface area contributed by atoms with Gasteiger partial charge in [-0.2, -0.15) is 0 Å². The molecule has 1 amide bonds. The smallest absolute Gasteiger partial charge is 0.299 e. The van der Waals surface area contributed by atoms with Crippen molar-refractivity contribution in [3.05, 3.63) is 41.7 Å².